The molecule has 1 rings (SSSR count). The highest BCUT2D eigenvalue weighted by Gasteiger charge is 2.53. The van der Waals surface area contributed by atoms with Crippen LogP contribution < -0.4 is 0 Å². The standard InChI is InChI=1S/C18H32S/c1-16(2,3)19(17(4,5)6,18(7,8)9)15-13-11-10-12-14-15/h10-14H,1-9H3. The molecule has 0 aliphatic carbocycles. The molecule has 0 aliphatic rings. The van der Waals surface area contributed by atoms with Gasteiger partial charge in [-0.1, -0.05) is 92.6 Å². The lowest BCUT2D eigenvalue weighted by Crippen LogP contribution is -2.48. The molecule has 0 amide bonds. The van der Waals surface area contributed by atoms with Crippen LogP contribution in [-0.4, -0.2) is 14.2 Å². The molecule has 0 atom stereocenters. The highest BCUT2D eigenvalue weighted by Crippen LogP contribution is 2.78. The molecular weight excluding hydrogens is 248 g/mol. The Morgan fingerprint density at radius 3 is 1.16 bits per heavy atom. The Bertz CT molecular complexity index is 374. The zero-order valence-corrected chi connectivity index (χ0v) is 15.1. The second-order valence-electron chi connectivity index (χ2n) is 8.26. The van der Waals surface area contributed by atoms with E-state index in [1.165, 1.54) is 0 Å². The summed E-state index contributed by atoms with van der Waals surface area (Å²) in [6, 6.07) is 11.2. The van der Waals surface area contributed by atoms with Crippen molar-refractivity contribution in [3.63, 3.8) is 0 Å². The lowest BCUT2D eigenvalue weighted by Gasteiger charge is -2.66. The van der Waals surface area contributed by atoms with Gasteiger partial charge in [0.2, 0.25) is 0 Å². The zero-order chi connectivity index (χ0) is 15.1. The van der Waals surface area contributed by atoms with Crippen LogP contribution >= 0.6 is 10.0 Å². The molecule has 0 spiro atoms. The first-order chi connectivity index (χ1) is 8.36. The molecule has 0 unspecified atom stereocenters. The van der Waals surface area contributed by atoms with Crippen LogP contribution in [0.1, 0.15) is 62.3 Å². The lowest BCUT2D eigenvalue weighted by atomic mass is 10.2. The van der Waals surface area contributed by atoms with E-state index in [1.54, 1.807) is 4.90 Å². The van der Waals surface area contributed by atoms with Crippen LogP contribution in [0.3, 0.4) is 0 Å². The molecule has 0 radical (unpaired) electrons. The van der Waals surface area contributed by atoms with Crippen LogP contribution in [0.5, 0.6) is 0 Å². The summed E-state index contributed by atoms with van der Waals surface area (Å²) in [7, 11) is -1.02. The van der Waals surface area contributed by atoms with E-state index in [0.717, 1.165) is 0 Å². The normalized spacial score (nSPS) is 15.4. The van der Waals surface area contributed by atoms with E-state index in [4.69, 9.17) is 0 Å². The Hall–Kier alpha value is -0.430. The van der Waals surface area contributed by atoms with Gasteiger partial charge in [0.15, 0.2) is 0 Å². The molecule has 0 N–H and O–H groups in total. The minimum Gasteiger partial charge on any atom is -0.200 e. The summed E-state index contributed by atoms with van der Waals surface area (Å²) < 4.78 is 0.806. The molecule has 19 heavy (non-hydrogen) atoms. The Kier molecular flexibility index (Phi) is 4.23. The van der Waals surface area contributed by atoms with E-state index in [9.17, 15) is 0 Å². The Morgan fingerprint density at radius 1 is 0.579 bits per heavy atom. The van der Waals surface area contributed by atoms with Gasteiger partial charge in [-0.3, -0.25) is 0 Å². The first kappa shape index (κ1) is 16.6. The molecule has 0 fully saturated rings. The van der Waals surface area contributed by atoms with Gasteiger partial charge in [-0.2, -0.15) is 10.0 Å². The van der Waals surface area contributed by atoms with E-state index in [2.05, 4.69) is 92.6 Å². The maximum atomic E-state index is 2.42. The van der Waals surface area contributed by atoms with Gasteiger partial charge in [0.1, 0.15) is 0 Å². The molecule has 110 valence electrons. The van der Waals surface area contributed by atoms with Crippen LogP contribution in [0.25, 0.3) is 0 Å². The van der Waals surface area contributed by atoms with Crippen molar-refractivity contribution in [2.75, 3.05) is 0 Å². The second-order valence-corrected chi connectivity index (χ2v) is 13.6. The number of rotatable bonds is 1. The zero-order valence-electron chi connectivity index (χ0n) is 14.3. The molecule has 0 heterocycles. The van der Waals surface area contributed by atoms with E-state index in [0.29, 0.717) is 0 Å². The molecule has 0 saturated heterocycles. The average molecular weight is 281 g/mol. The third-order valence-electron chi connectivity index (χ3n) is 3.85. The molecule has 0 bridgehead atoms. The smallest absolute Gasteiger partial charge is 0.00347 e. The van der Waals surface area contributed by atoms with Gasteiger partial charge in [-0.15, -0.1) is 0 Å². The minimum atomic E-state index is -1.02. The van der Waals surface area contributed by atoms with Gasteiger partial charge >= 0.3 is 0 Å². The van der Waals surface area contributed by atoms with Crippen LogP contribution in [0.15, 0.2) is 35.2 Å². The first-order valence-corrected chi connectivity index (χ1v) is 8.86. The maximum absolute atomic E-state index is 2.42. The number of hydrogen-bond donors (Lipinski definition) is 0. The lowest BCUT2D eigenvalue weighted by molar-refractivity contribution is 0.643. The Labute approximate surface area is 122 Å². The highest BCUT2D eigenvalue weighted by atomic mass is 32.3. The fourth-order valence-electron chi connectivity index (χ4n) is 4.44. The third-order valence-corrected chi connectivity index (χ3v) is 10.3. The third kappa shape index (κ3) is 2.59. The van der Waals surface area contributed by atoms with Crippen LogP contribution in [0, 0.1) is 0 Å². The minimum absolute atomic E-state index is 0.269. The summed E-state index contributed by atoms with van der Waals surface area (Å²) in [6.07, 6.45) is 0. The molecule has 0 nitrogen and oxygen atoms in total. The molecule has 1 aromatic carbocycles. The van der Waals surface area contributed by atoms with E-state index in [-0.39, 0.29) is 14.2 Å². The van der Waals surface area contributed by atoms with Gasteiger partial charge in [0, 0.05) is 0 Å². The van der Waals surface area contributed by atoms with Gasteiger partial charge in [-0.25, -0.2) is 0 Å². The second kappa shape index (κ2) is 4.84. The average Bonchev–Trinajstić information content (AvgIpc) is 2.12. The van der Waals surface area contributed by atoms with Gasteiger partial charge in [0.05, 0.1) is 0 Å². The summed E-state index contributed by atoms with van der Waals surface area (Å²) in [5.41, 5.74) is 0. The summed E-state index contributed by atoms with van der Waals surface area (Å²) >= 11 is 0. The Balaban J connectivity index is 3.76. The van der Waals surface area contributed by atoms with Crippen molar-refractivity contribution in [3.05, 3.63) is 30.3 Å². The molecule has 1 aromatic rings. The van der Waals surface area contributed by atoms with Crippen molar-refractivity contribution in [1.29, 1.82) is 0 Å². The number of benzene rings is 1. The Morgan fingerprint density at radius 2 is 0.895 bits per heavy atom. The summed E-state index contributed by atoms with van der Waals surface area (Å²) in [5.74, 6) is 0. The van der Waals surface area contributed by atoms with Crippen molar-refractivity contribution in [2.24, 2.45) is 0 Å². The van der Waals surface area contributed by atoms with Crippen molar-refractivity contribution in [2.45, 2.75) is 81.5 Å². The predicted octanol–water partition coefficient (Wildman–Crippen LogP) is 6.25. The molecule has 0 aliphatic heterocycles. The molecule has 1 heteroatoms. The van der Waals surface area contributed by atoms with Crippen molar-refractivity contribution >= 4 is 10.0 Å². The summed E-state index contributed by atoms with van der Waals surface area (Å²) in [5, 5.41) is 0. The maximum Gasteiger partial charge on any atom is -0.00347 e. The van der Waals surface area contributed by atoms with Gasteiger partial charge in [0.25, 0.3) is 0 Å². The highest BCUT2D eigenvalue weighted by molar-refractivity contribution is 8.36. The quantitative estimate of drug-likeness (QED) is 0.570. The molecular formula is C18H32S. The van der Waals surface area contributed by atoms with Crippen molar-refractivity contribution < 1.29 is 0 Å². The van der Waals surface area contributed by atoms with E-state index >= 15 is 0 Å². The SMILES string of the molecule is CC(C)(C)S(c1ccccc1)(C(C)(C)C)C(C)(C)C. The topological polar surface area (TPSA) is 0 Å². The number of hydrogen-bond acceptors (Lipinski definition) is 0. The molecule has 0 saturated carbocycles. The monoisotopic (exact) mass is 280 g/mol. The fraction of sp³-hybridized carbons (Fsp3) is 0.667. The van der Waals surface area contributed by atoms with Crippen LogP contribution in [0.2, 0.25) is 0 Å². The van der Waals surface area contributed by atoms with Crippen molar-refractivity contribution in [3.8, 4) is 0 Å². The largest absolute Gasteiger partial charge is 0.200 e. The predicted molar refractivity (Wildman–Crippen MR) is 91.6 cm³/mol. The van der Waals surface area contributed by atoms with Crippen LogP contribution in [-0.2, 0) is 0 Å². The van der Waals surface area contributed by atoms with Crippen molar-refractivity contribution in [1.82, 2.24) is 0 Å². The molecule has 0 aromatic heterocycles. The van der Waals surface area contributed by atoms with Gasteiger partial charge < -0.3 is 0 Å². The van der Waals surface area contributed by atoms with E-state index in [1.807, 2.05) is 0 Å². The first-order valence-electron chi connectivity index (χ1n) is 7.23. The van der Waals surface area contributed by atoms with E-state index < -0.39 is 10.0 Å². The van der Waals surface area contributed by atoms with Gasteiger partial charge in [-0.05, 0) is 19.1 Å². The fourth-order valence-corrected chi connectivity index (χ4v) is 12.6. The summed E-state index contributed by atoms with van der Waals surface area (Å²) in [6.45, 7) is 21.8. The van der Waals surface area contributed by atoms with Crippen LogP contribution in [0.4, 0.5) is 0 Å². The summed E-state index contributed by atoms with van der Waals surface area (Å²) in [4.78, 5) is 1.54.